The van der Waals surface area contributed by atoms with Crippen LogP contribution >= 0.6 is 11.3 Å². The number of hydrogen-bond donors (Lipinski definition) is 1. The Bertz CT molecular complexity index is 854. The lowest BCUT2D eigenvalue weighted by molar-refractivity contribution is -0.122. The predicted octanol–water partition coefficient (Wildman–Crippen LogP) is 2.43. The topological polar surface area (TPSA) is 93.7 Å². The summed E-state index contributed by atoms with van der Waals surface area (Å²) >= 11 is 1.32. The van der Waals surface area contributed by atoms with E-state index < -0.39 is 5.92 Å². The van der Waals surface area contributed by atoms with Crippen LogP contribution in [0.4, 0.5) is 10.8 Å². The van der Waals surface area contributed by atoms with Crippen LogP contribution in [0.1, 0.15) is 23.9 Å². The Morgan fingerprint density at radius 1 is 1.39 bits per heavy atom. The molecule has 28 heavy (non-hydrogen) atoms. The fourth-order valence-corrected chi connectivity index (χ4v) is 3.77. The first-order chi connectivity index (χ1) is 13.5. The van der Waals surface area contributed by atoms with Gasteiger partial charge in [-0.05, 0) is 31.5 Å². The van der Waals surface area contributed by atoms with Crippen molar-refractivity contribution in [1.82, 2.24) is 10.2 Å². The molecule has 1 unspecified atom stereocenters. The molecule has 1 N–H and O–H groups in total. The number of rotatable bonds is 8. The summed E-state index contributed by atoms with van der Waals surface area (Å²) in [5.74, 6) is -0.162. The van der Waals surface area contributed by atoms with Gasteiger partial charge < -0.3 is 19.7 Å². The van der Waals surface area contributed by atoms with E-state index in [1.807, 2.05) is 32.0 Å². The van der Waals surface area contributed by atoms with Crippen molar-refractivity contribution in [3.05, 3.63) is 28.8 Å². The fraction of sp³-hybridized carbons (Fsp3) is 0.474. The van der Waals surface area contributed by atoms with Gasteiger partial charge in [0.05, 0.1) is 25.3 Å². The van der Waals surface area contributed by atoms with Crippen LogP contribution in [-0.4, -0.2) is 48.9 Å². The van der Waals surface area contributed by atoms with Crippen molar-refractivity contribution < 1.29 is 19.1 Å². The smallest absolute Gasteiger partial charge is 0.231 e. The zero-order chi connectivity index (χ0) is 20.1. The number of carbonyl (C=O) groups excluding carboxylic acids is 2. The summed E-state index contributed by atoms with van der Waals surface area (Å²) in [5, 5.41) is 12.1. The molecular formula is C19H24N4O4S. The molecular weight excluding hydrogens is 380 g/mol. The van der Waals surface area contributed by atoms with Crippen LogP contribution in [0.25, 0.3) is 0 Å². The lowest BCUT2D eigenvalue weighted by atomic mass is 10.1. The highest BCUT2D eigenvalue weighted by Gasteiger charge is 2.36. The molecule has 0 spiro atoms. The summed E-state index contributed by atoms with van der Waals surface area (Å²) in [6, 6.07) is 5.65. The Balaban J connectivity index is 1.63. The largest absolute Gasteiger partial charge is 0.495 e. The highest BCUT2D eigenvalue weighted by atomic mass is 32.1. The first kappa shape index (κ1) is 20.2. The van der Waals surface area contributed by atoms with Gasteiger partial charge in [0.2, 0.25) is 16.9 Å². The summed E-state index contributed by atoms with van der Waals surface area (Å²) in [6.07, 6.45) is 0.809. The van der Waals surface area contributed by atoms with Gasteiger partial charge in [0.25, 0.3) is 0 Å². The van der Waals surface area contributed by atoms with Crippen LogP contribution in [0.15, 0.2) is 18.2 Å². The second-order valence-electron chi connectivity index (χ2n) is 6.52. The van der Waals surface area contributed by atoms with Crippen LogP contribution in [0.3, 0.4) is 0 Å². The molecule has 1 saturated heterocycles. The maximum atomic E-state index is 12.6. The molecule has 2 aromatic rings. The average Bonchev–Trinajstić information content (AvgIpc) is 3.28. The summed E-state index contributed by atoms with van der Waals surface area (Å²) in [5.41, 5.74) is 1.71. The first-order valence-electron chi connectivity index (χ1n) is 9.17. The van der Waals surface area contributed by atoms with Crippen molar-refractivity contribution in [1.29, 1.82) is 0 Å². The van der Waals surface area contributed by atoms with Crippen molar-refractivity contribution >= 4 is 34.0 Å². The standard InChI is InChI=1S/C19H24N4O4S/c1-4-27-8-7-16-21-22-19(28-16)20-18(25)13-10-17(24)23(11-13)14-9-12(2)5-6-15(14)26-3/h5-6,9,13H,4,7-8,10-11H2,1-3H3,(H,20,22,25). The van der Waals surface area contributed by atoms with Gasteiger partial charge in [0.15, 0.2) is 0 Å². The second-order valence-corrected chi connectivity index (χ2v) is 7.58. The van der Waals surface area contributed by atoms with E-state index >= 15 is 0 Å². The highest BCUT2D eigenvalue weighted by Crippen LogP contribution is 2.34. The van der Waals surface area contributed by atoms with Crippen LogP contribution in [0.2, 0.25) is 0 Å². The molecule has 1 aliphatic rings. The maximum Gasteiger partial charge on any atom is 0.231 e. The molecule has 2 amide bonds. The molecule has 0 aliphatic carbocycles. The van der Waals surface area contributed by atoms with E-state index in [-0.39, 0.29) is 18.2 Å². The zero-order valence-electron chi connectivity index (χ0n) is 16.2. The van der Waals surface area contributed by atoms with Crippen molar-refractivity contribution in [2.75, 3.05) is 37.1 Å². The molecule has 1 aliphatic heterocycles. The van der Waals surface area contributed by atoms with Gasteiger partial charge in [-0.3, -0.25) is 9.59 Å². The van der Waals surface area contributed by atoms with E-state index in [1.165, 1.54) is 11.3 Å². The number of amides is 2. The van der Waals surface area contributed by atoms with Crippen LogP contribution < -0.4 is 15.0 Å². The third kappa shape index (κ3) is 4.66. The Labute approximate surface area is 167 Å². The van der Waals surface area contributed by atoms with Gasteiger partial charge in [-0.15, -0.1) is 10.2 Å². The number of hydrogen-bond acceptors (Lipinski definition) is 7. The molecule has 0 bridgehead atoms. The number of ether oxygens (including phenoxy) is 2. The number of aromatic nitrogens is 2. The van der Waals surface area contributed by atoms with E-state index in [2.05, 4.69) is 15.5 Å². The van der Waals surface area contributed by atoms with Crippen LogP contribution in [0, 0.1) is 12.8 Å². The Morgan fingerprint density at radius 3 is 2.96 bits per heavy atom. The Hall–Kier alpha value is -2.52. The summed E-state index contributed by atoms with van der Waals surface area (Å²) < 4.78 is 10.7. The SMILES string of the molecule is CCOCCc1nnc(NC(=O)C2CC(=O)N(c3cc(C)ccc3OC)C2)s1. The number of nitrogens with zero attached hydrogens (tertiary/aromatic N) is 3. The summed E-state index contributed by atoms with van der Waals surface area (Å²) in [6.45, 7) is 5.42. The lowest BCUT2D eigenvalue weighted by Gasteiger charge is -2.20. The third-order valence-electron chi connectivity index (χ3n) is 4.48. The zero-order valence-corrected chi connectivity index (χ0v) is 17.0. The van der Waals surface area contributed by atoms with Crippen LogP contribution in [-0.2, 0) is 20.7 Å². The number of anilines is 2. The maximum absolute atomic E-state index is 12.6. The average molecular weight is 404 g/mol. The Kier molecular flexibility index (Phi) is 6.58. The molecule has 2 heterocycles. The Morgan fingerprint density at radius 2 is 2.21 bits per heavy atom. The van der Waals surface area contributed by atoms with Gasteiger partial charge in [-0.25, -0.2) is 0 Å². The van der Waals surface area contributed by atoms with Crippen LogP contribution in [0.5, 0.6) is 5.75 Å². The monoisotopic (exact) mass is 404 g/mol. The van der Waals surface area contributed by atoms with Crippen molar-refractivity contribution in [2.24, 2.45) is 5.92 Å². The molecule has 0 saturated carbocycles. The van der Waals surface area contributed by atoms with Gasteiger partial charge in [-0.2, -0.15) is 0 Å². The summed E-state index contributed by atoms with van der Waals surface area (Å²) in [4.78, 5) is 26.8. The number of carbonyl (C=O) groups is 2. The van der Waals surface area contributed by atoms with E-state index in [1.54, 1.807) is 12.0 Å². The molecule has 0 radical (unpaired) electrons. The van der Waals surface area contributed by atoms with Crippen molar-refractivity contribution in [3.8, 4) is 5.75 Å². The first-order valence-corrected chi connectivity index (χ1v) is 9.99. The molecule has 150 valence electrons. The van der Waals surface area contributed by atoms with E-state index in [0.29, 0.717) is 42.7 Å². The lowest BCUT2D eigenvalue weighted by Crippen LogP contribution is -2.28. The molecule has 9 heteroatoms. The molecule has 8 nitrogen and oxygen atoms in total. The number of benzene rings is 1. The van der Waals surface area contributed by atoms with E-state index in [4.69, 9.17) is 9.47 Å². The minimum atomic E-state index is -0.450. The van der Waals surface area contributed by atoms with Crippen molar-refractivity contribution in [3.63, 3.8) is 0 Å². The highest BCUT2D eigenvalue weighted by molar-refractivity contribution is 7.15. The molecule has 1 fully saturated rings. The number of aryl methyl sites for hydroxylation is 1. The van der Waals surface area contributed by atoms with E-state index in [9.17, 15) is 9.59 Å². The molecule has 3 rings (SSSR count). The van der Waals surface area contributed by atoms with E-state index in [0.717, 1.165) is 10.6 Å². The fourth-order valence-electron chi connectivity index (χ4n) is 3.04. The second kappa shape index (κ2) is 9.11. The number of nitrogens with one attached hydrogen (secondary N) is 1. The van der Waals surface area contributed by atoms with Crippen molar-refractivity contribution in [2.45, 2.75) is 26.7 Å². The normalized spacial score (nSPS) is 16.5. The van der Waals surface area contributed by atoms with Gasteiger partial charge >= 0.3 is 0 Å². The molecule has 1 aromatic carbocycles. The minimum Gasteiger partial charge on any atom is -0.495 e. The molecule has 1 aromatic heterocycles. The van der Waals surface area contributed by atoms with Gasteiger partial charge in [0.1, 0.15) is 10.8 Å². The summed E-state index contributed by atoms with van der Waals surface area (Å²) in [7, 11) is 1.57. The molecule has 1 atom stereocenters. The van der Waals surface area contributed by atoms with Gasteiger partial charge in [0, 0.05) is 26.0 Å². The van der Waals surface area contributed by atoms with Gasteiger partial charge in [-0.1, -0.05) is 17.4 Å². The predicted molar refractivity (Wildman–Crippen MR) is 107 cm³/mol. The quantitative estimate of drug-likeness (QED) is 0.679. The minimum absolute atomic E-state index is 0.0984. The third-order valence-corrected chi connectivity index (χ3v) is 5.38. The number of methoxy groups -OCH3 is 1.